The summed E-state index contributed by atoms with van der Waals surface area (Å²) in [5.74, 6) is -0.335. The Labute approximate surface area is 143 Å². The number of aryl methyl sites for hydroxylation is 1. The van der Waals surface area contributed by atoms with Crippen molar-refractivity contribution in [2.24, 2.45) is 5.92 Å². The number of likely N-dealkylation sites (tertiary alicyclic amines) is 1. The van der Waals surface area contributed by atoms with Gasteiger partial charge in [-0.2, -0.15) is 0 Å². The zero-order valence-corrected chi connectivity index (χ0v) is 15.1. The van der Waals surface area contributed by atoms with E-state index in [1.807, 2.05) is 40.7 Å². The molecule has 2 atom stereocenters. The minimum atomic E-state index is -0.543. The average molecular weight is 333 g/mol. The molecule has 0 aliphatic carbocycles. The summed E-state index contributed by atoms with van der Waals surface area (Å²) < 4.78 is 5.46. The number of carbonyl (C=O) groups excluding carboxylic acids is 2. The summed E-state index contributed by atoms with van der Waals surface area (Å²) in [6.45, 7) is 9.97. The van der Waals surface area contributed by atoms with E-state index in [1.54, 1.807) is 17.3 Å². The minimum Gasteiger partial charge on any atom is -0.444 e. The molecule has 0 aromatic carbocycles. The van der Waals surface area contributed by atoms with Gasteiger partial charge in [-0.3, -0.25) is 9.78 Å². The zero-order valence-electron chi connectivity index (χ0n) is 15.1. The first-order valence-corrected chi connectivity index (χ1v) is 8.40. The Morgan fingerprint density at radius 3 is 2.71 bits per heavy atom. The maximum atomic E-state index is 12.7. The number of ether oxygens (including phenoxy) is 1. The van der Waals surface area contributed by atoms with Gasteiger partial charge in [-0.15, -0.1) is 0 Å². The molecule has 2 amide bonds. The lowest BCUT2D eigenvalue weighted by Gasteiger charge is -2.39. The van der Waals surface area contributed by atoms with Crippen LogP contribution in [0.25, 0.3) is 0 Å². The summed E-state index contributed by atoms with van der Waals surface area (Å²) >= 11 is 0. The van der Waals surface area contributed by atoms with E-state index in [4.69, 9.17) is 4.74 Å². The molecule has 1 aromatic rings. The Balaban J connectivity index is 2.06. The topological polar surface area (TPSA) is 71.5 Å². The first-order valence-electron chi connectivity index (χ1n) is 8.40. The van der Waals surface area contributed by atoms with E-state index in [0.29, 0.717) is 12.2 Å². The van der Waals surface area contributed by atoms with Crippen molar-refractivity contribution in [2.75, 3.05) is 11.9 Å². The monoisotopic (exact) mass is 333 g/mol. The molecule has 2 heterocycles. The van der Waals surface area contributed by atoms with Gasteiger partial charge in [0, 0.05) is 18.8 Å². The highest BCUT2D eigenvalue weighted by atomic mass is 16.6. The molecule has 1 aliphatic rings. The molecule has 1 aliphatic heterocycles. The molecule has 6 heteroatoms. The van der Waals surface area contributed by atoms with Crippen LogP contribution in [0.2, 0.25) is 0 Å². The number of anilines is 1. The quantitative estimate of drug-likeness (QED) is 0.901. The van der Waals surface area contributed by atoms with Gasteiger partial charge in [0.25, 0.3) is 0 Å². The normalized spacial score (nSPS) is 21.3. The van der Waals surface area contributed by atoms with Crippen LogP contribution in [0.1, 0.15) is 46.1 Å². The van der Waals surface area contributed by atoms with E-state index in [-0.39, 0.29) is 24.0 Å². The standard InChI is InChI=1S/C18H27N3O3/c1-12-8-9-19-11-15(12)20-16(22)14-7-6-10-21(13(14)2)17(23)24-18(3,4)5/h8-9,11,13-14H,6-7,10H2,1-5H3,(H,20,22)/t13-,14+/m0/s1. The van der Waals surface area contributed by atoms with Crippen molar-refractivity contribution in [3.63, 3.8) is 0 Å². The highest BCUT2D eigenvalue weighted by molar-refractivity contribution is 5.93. The number of nitrogens with one attached hydrogen (secondary N) is 1. The van der Waals surface area contributed by atoms with E-state index < -0.39 is 5.60 Å². The molecule has 0 saturated carbocycles. The molecule has 0 spiro atoms. The van der Waals surface area contributed by atoms with E-state index in [1.165, 1.54) is 0 Å². The van der Waals surface area contributed by atoms with Crippen LogP contribution in [0.3, 0.4) is 0 Å². The average Bonchev–Trinajstić information content (AvgIpc) is 2.48. The minimum absolute atomic E-state index is 0.0770. The first kappa shape index (κ1) is 18.2. The van der Waals surface area contributed by atoms with Gasteiger partial charge in [0.15, 0.2) is 0 Å². The molecular formula is C18H27N3O3. The Morgan fingerprint density at radius 2 is 2.08 bits per heavy atom. The fraction of sp³-hybridized carbons (Fsp3) is 0.611. The van der Waals surface area contributed by atoms with Gasteiger partial charge in [0.1, 0.15) is 5.60 Å². The largest absolute Gasteiger partial charge is 0.444 e. The van der Waals surface area contributed by atoms with Gasteiger partial charge in [-0.1, -0.05) is 0 Å². The number of hydrogen-bond acceptors (Lipinski definition) is 4. The molecule has 0 unspecified atom stereocenters. The number of hydrogen-bond donors (Lipinski definition) is 1. The van der Waals surface area contributed by atoms with Crippen molar-refractivity contribution in [2.45, 2.75) is 59.1 Å². The second-order valence-electron chi connectivity index (χ2n) is 7.34. The summed E-state index contributed by atoms with van der Waals surface area (Å²) in [6, 6.07) is 1.65. The third-order valence-corrected chi connectivity index (χ3v) is 4.25. The van der Waals surface area contributed by atoms with Crippen LogP contribution in [0.5, 0.6) is 0 Å². The molecule has 6 nitrogen and oxygen atoms in total. The lowest BCUT2D eigenvalue weighted by atomic mass is 9.89. The Bertz CT molecular complexity index is 610. The maximum Gasteiger partial charge on any atom is 0.410 e. The molecule has 2 rings (SSSR count). The zero-order chi connectivity index (χ0) is 17.9. The Kier molecular flexibility index (Phi) is 5.47. The summed E-state index contributed by atoms with van der Waals surface area (Å²) in [5, 5.41) is 2.94. The van der Waals surface area contributed by atoms with Crippen LogP contribution in [-0.4, -0.2) is 40.1 Å². The Morgan fingerprint density at radius 1 is 1.38 bits per heavy atom. The fourth-order valence-corrected chi connectivity index (χ4v) is 2.89. The van der Waals surface area contributed by atoms with Crippen molar-refractivity contribution in [3.05, 3.63) is 24.0 Å². The van der Waals surface area contributed by atoms with Gasteiger partial charge < -0.3 is 15.0 Å². The van der Waals surface area contributed by atoms with Crippen molar-refractivity contribution >= 4 is 17.7 Å². The van der Waals surface area contributed by atoms with Crippen LogP contribution in [0, 0.1) is 12.8 Å². The maximum absolute atomic E-state index is 12.7. The van der Waals surface area contributed by atoms with Gasteiger partial charge in [-0.05, 0) is 59.1 Å². The summed E-state index contributed by atoms with van der Waals surface area (Å²) in [7, 11) is 0. The number of pyridine rings is 1. The lowest BCUT2D eigenvalue weighted by molar-refractivity contribution is -0.123. The number of nitrogens with zero attached hydrogens (tertiary/aromatic N) is 2. The summed E-state index contributed by atoms with van der Waals surface area (Å²) in [6.07, 6.45) is 4.52. The van der Waals surface area contributed by atoms with Crippen molar-refractivity contribution in [3.8, 4) is 0 Å². The first-order chi connectivity index (χ1) is 11.2. The number of aromatic nitrogens is 1. The summed E-state index contributed by atoms with van der Waals surface area (Å²) in [4.78, 5) is 30.7. The smallest absolute Gasteiger partial charge is 0.410 e. The highest BCUT2D eigenvalue weighted by Crippen LogP contribution is 2.27. The van der Waals surface area contributed by atoms with Crippen LogP contribution < -0.4 is 5.32 Å². The van der Waals surface area contributed by atoms with E-state index in [0.717, 1.165) is 18.4 Å². The molecule has 1 aromatic heterocycles. The van der Waals surface area contributed by atoms with E-state index in [9.17, 15) is 9.59 Å². The van der Waals surface area contributed by atoms with Crippen LogP contribution in [0.4, 0.5) is 10.5 Å². The second-order valence-corrected chi connectivity index (χ2v) is 7.34. The molecule has 0 bridgehead atoms. The SMILES string of the molecule is Cc1ccncc1NC(=O)[C@@H]1CCCN(C(=O)OC(C)(C)C)[C@H]1C. The molecule has 1 N–H and O–H groups in total. The van der Waals surface area contributed by atoms with Crippen LogP contribution >= 0.6 is 0 Å². The summed E-state index contributed by atoms with van der Waals surface area (Å²) in [5.41, 5.74) is 1.13. The Hall–Kier alpha value is -2.11. The second kappa shape index (κ2) is 7.20. The highest BCUT2D eigenvalue weighted by Gasteiger charge is 2.37. The van der Waals surface area contributed by atoms with Crippen molar-refractivity contribution < 1.29 is 14.3 Å². The number of carbonyl (C=O) groups is 2. The predicted octanol–water partition coefficient (Wildman–Crippen LogP) is 3.36. The molecular weight excluding hydrogens is 306 g/mol. The molecule has 1 saturated heterocycles. The van der Waals surface area contributed by atoms with Crippen molar-refractivity contribution in [1.82, 2.24) is 9.88 Å². The molecule has 1 fully saturated rings. The van der Waals surface area contributed by atoms with Crippen molar-refractivity contribution in [1.29, 1.82) is 0 Å². The fourth-order valence-electron chi connectivity index (χ4n) is 2.89. The van der Waals surface area contributed by atoms with Crippen LogP contribution in [-0.2, 0) is 9.53 Å². The predicted molar refractivity (Wildman–Crippen MR) is 92.7 cm³/mol. The van der Waals surface area contributed by atoms with Gasteiger partial charge in [0.05, 0.1) is 17.8 Å². The van der Waals surface area contributed by atoms with Gasteiger partial charge in [-0.25, -0.2) is 4.79 Å². The lowest BCUT2D eigenvalue weighted by Crippen LogP contribution is -2.51. The molecule has 0 radical (unpaired) electrons. The number of piperidine rings is 1. The third kappa shape index (κ3) is 4.46. The third-order valence-electron chi connectivity index (χ3n) is 4.25. The van der Waals surface area contributed by atoms with Gasteiger partial charge in [0.2, 0.25) is 5.91 Å². The molecule has 24 heavy (non-hydrogen) atoms. The van der Waals surface area contributed by atoms with E-state index >= 15 is 0 Å². The van der Waals surface area contributed by atoms with E-state index in [2.05, 4.69) is 10.3 Å². The number of amides is 2. The van der Waals surface area contributed by atoms with Gasteiger partial charge >= 0.3 is 6.09 Å². The van der Waals surface area contributed by atoms with Crippen LogP contribution in [0.15, 0.2) is 18.5 Å². The number of rotatable bonds is 2. The molecule has 132 valence electrons.